The fourth-order valence-corrected chi connectivity index (χ4v) is 2.20. The van der Waals surface area contributed by atoms with Gasteiger partial charge in [-0.3, -0.25) is 0 Å². The van der Waals surface area contributed by atoms with E-state index in [1.807, 2.05) is 0 Å². The molecule has 90 valence electrons. The van der Waals surface area contributed by atoms with Crippen molar-refractivity contribution >= 4 is 21.4 Å². The van der Waals surface area contributed by atoms with E-state index in [4.69, 9.17) is 11.6 Å². The van der Waals surface area contributed by atoms with E-state index in [-0.39, 0.29) is 17.2 Å². The van der Waals surface area contributed by atoms with Crippen LogP contribution in [0, 0.1) is 5.82 Å². The Morgan fingerprint density at radius 3 is 2.62 bits per heavy atom. The summed E-state index contributed by atoms with van der Waals surface area (Å²) >= 11 is 5.72. The first-order valence-electron chi connectivity index (χ1n) is 4.60. The third-order valence-corrected chi connectivity index (χ3v) is 3.39. The minimum absolute atomic E-state index is 0.0458. The minimum atomic E-state index is -3.13. The van der Waals surface area contributed by atoms with Gasteiger partial charge in [-0.2, -0.15) is 0 Å². The first-order chi connectivity index (χ1) is 7.29. The predicted octanol–water partition coefficient (Wildman–Crippen LogP) is 1.95. The Morgan fingerprint density at radius 2 is 2.12 bits per heavy atom. The zero-order valence-electron chi connectivity index (χ0n) is 8.65. The number of halogens is 2. The summed E-state index contributed by atoms with van der Waals surface area (Å²) in [5.74, 6) is -0.633. The van der Waals surface area contributed by atoms with Crippen LogP contribution in [0.1, 0.15) is 18.1 Å². The van der Waals surface area contributed by atoms with E-state index in [1.165, 1.54) is 12.1 Å². The molecule has 1 atom stereocenters. The minimum Gasteiger partial charge on any atom is -0.388 e. The summed E-state index contributed by atoms with van der Waals surface area (Å²) in [4.78, 5) is 0. The highest BCUT2D eigenvalue weighted by Crippen LogP contribution is 2.26. The highest BCUT2D eigenvalue weighted by Gasteiger charge is 2.14. The van der Waals surface area contributed by atoms with E-state index in [9.17, 15) is 17.9 Å². The quantitative estimate of drug-likeness (QED) is 0.906. The van der Waals surface area contributed by atoms with Crippen LogP contribution >= 0.6 is 11.6 Å². The molecule has 1 unspecified atom stereocenters. The van der Waals surface area contributed by atoms with Gasteiger partial charge in [0.2, 0.25) is 0 Å². The Morgan fingerprint density at radius 1 is 1.50 bits per heavy atom. The molecule has 0 radical (unpaired) electrons. The summed E-state index contributed by atoms with van der Waals surface area (Å²) in [5.41, 5.74) is 0.340. The Labute approximate surface area is 98.8 Å². The van der Waals surface area contributed by atoms with Gasteiger partial charge in [-0.15, -0.1) is 0 Å². The van der Waals surface area contributed by atoms with Crippen LogP contribution in [0.2, 0.25) is 5.02 Å². The van der Waals surface area contributed by atoms with Crippen molar-refractivity contribution in [2.45, 2.75) is 12.5 Å². The van der Waals surface area contributed by atoms with Crippen LogP contribution in [0.25, 0.3) is 0 Å². The number of benzene rings is 1. The topological polar surface area (TPSA) is 54.4 Å². The van der Waals surface area contributed by atoms with Gasteiger partial charge >= 0.3 is 0 Å². The second-order valence-electron chi connectivity index (χ2n) is 3.60. The van der Waals surface area contributed by atoms with Crippen molar-refractivity contribution in [2.24, 2.45) is 0 Å². The SMILES string of the molecule is CS(=O)(=O)CCC(O)c1ccc(F)cc1Cl. The summed E-state index contributed by atoms with van der Waals surface area (Å²) in [5, 5.41) is 9.78. The third kappa shape index (κ3) is 4.08. The normalized spacial score (nSPS) is 13.8. The van der Waals surface area contributed by atoms with Crippen LogP contribution in [-0.2, 0) is 9.84 Å². The highest BCUT2D eigenvalue weighted by atomic mass is 35.5. The molecule has 0 saturated carbocycles. The molecule has 3 nitrogen and oxygen atoms in total. The lowest BCUT2D eigenvalue weighted by molar-refractivity contribution is 0.174. The average Bonchev–Trinajstić information content (AvgIpc) is 2.13. The number of hydrogen-bond acceptors (Lipinski definition) is 3. The molecule has 0 saturated heterocycles. The van der Waals surface area contributed by atoms with Crippen molar-refractivity contribution in [3.8, 4) is 0 Å². The molecule has 0 aliphatic carbocycles. The molecule has 0 aromatic heterocycles. The predicted molar refractivity (Wildman–Crippen MR) is 60.7 cm³/mol. The summed E-state index contributed by atoms with van der Waals surface area (Å²) in [7, 11) is -3.13. The Hall–Kier alpha value is -0.650. The molecule has 0 bridgehead atoms. The van der Waals surface area contributed by atoms with Gasteiger partial charge in [0.05, 0.1) is 11.9 Å². The number of sulfone groups is 1. The molecule has 0 aliphatic rings. The van der Waals surface area contributed by atoms with Gasteiger partial charge in [0, 0.05) is 11.3 Å². The number of aliphatic hydroxyl groups is 1. The third-order valence-electron chi connectivity index (χ3n) is 2.08. The number of aliphatic hydroxyl groups excluding tert-OH is 1. The van der Waals surface area contributed by atoms with Gasteiger partial charge in [-0.1, -0.05) is 17.7 Å². The molecule has 6 heteroatoms. The largest absolute Gasteiger partial charge is 0.388 e. The van der Waals surface area contributed by atoms with Crippen molar-refractivity contribution < 1.29 is 17.9 Å². The summed E-state index contributed by atoms with van der Waals surface area (Å²) in [6.45, 7) is 0. The maximum absolute atomic E-state index is 12.7. The lowest BCUT2D eigenvalue weighted by Crippen LogP contribution is -2.08. The molecule has 1 aromatic carbocycles. The Kier molecular flexibility index (Phi) is 4.29. The molecule has 16 heavy (non-hydrogen) atoms. The Balaban J connectivity index is 2.77. The van der Waals surface area contributed by atoms with Crippen molar-refractivity contribution in [1.29, 1.82) is 0 Å². The van der Waals surface area contributed by atoms with Crippen molar-refractivity contribution in [2.75, 3.05) is 12.0 Å². The smallest absolute Gasteiger partial charge is 0.147 e. The lowest BCUT2D eigenvalue weighted by Gasteiger charge is -2.11. The molecule has 0 heterocycles. The first kappa shape index (κ1) is 13.4. The number of hydrogen-bond donors (Lipinski definition) is 1. The van der Waals surface area contributed by atoms with Crippen LogP contribution in [-0.4, -0.2) is 25.5 Å². The van der Waals surface area contributed by atoms with Gasteiger partial charge in [0.1, 0.15) is 15.7 Å². The van der Waals surface area contributed by atoms with E-state index in [0.717, 1.165) is 12.3 Å². The zero-order valence-corrected chi connectivity index (χ0v) is 10.2. The van der Waals surface area contributed by atoms with Gasteiger partial charge in [0.15, 0.2) is 0 Å². The summed E-state index contributed by atoms with van der Waals surface area (Å²) < 4.78 is 34.5. The maximum Gasteiger partial charge on any atom is 0.147 e. The van der Waals surface area contributed by atoms with Crippen LogP contribution in [0.5, 0.6) is 0 Å². The summed E-state index contributed by atoms with van der Waals surface area (Å²) in [6, 6.07) is 3.61. The second kappa shape index (κ2) is 5.12. The second-order valence-corrected chi connectivity index (χ2v) is 6.27. The van der Waals surface area contributed by atoms with Gasteiger partial charge in [0.25, 0.3) is 0 Å². The monoisotopic (exact) mass is 266 g/mol. The lowest BCUT2D eigenvalue weighted by atomic mass is 10.1. The number of rotatable bonds is 4. The average molecular weight is 267 g/mol. The van der Waals surface area contributed by atoms with Crippen molar-refractivity contribution in [3.63, 3.8) is 0 Å². The molecule has 0 aliphatic heterocycles. The standard InChI is InChI=1S/C10H12ClFO3S/c1-16(14,15)5-4-10(13)8-3-2-7(12)6-9(8)11/h2-3,6,10,13H,4-5H2,1H3. The molecule has 0 spiro atoms. The van der Waals surface area contributed by atoms with Crippen molar-refractivity contribution in [3.05, 3.63) is 34.6 Å². The molecule has 0 amide bonds. The van der Waals surface area contributed by atoms with Crippen LogP contribution in [0.4, 0.5) is 4.39 Å². The molecule has 1 N–H and O–H groups in total. The van der Waals surface area contributed by atoms with Gasteiger partial charge < -0.3 is 5.11 Å². The van der Waals surface area contributed by atoms with Gasteiger partial charge in [-0.05, 0) is 24.1 Å². The van der Waals surface area contributed by atoms with E-state index < -0.39 is 21.8 Å². The van der Waals surface area contributed by atoms with Crippen LogP contribution in [0.3, 0.4) is 0 Å². The van der Waals surface area contributed by atoms with E-state index in [0.29, 0.717) is 5.56 Å². The van der Waals surface area contributed by atoms with E-state index in [1.54, 1.807) is 0 Å². The molecular formula is C10H12ClFO3S. The maximum atomic E-state index is 12.7. The molecule has 1 aromatic rings. The first-order valence-corrected chi connectivity index (χ1v) is 7.04. The van der Waals surface area contributed by atoms with Crippen LogP contribution in [0.15, 0.2) is 18.2 Å². The fraction of sp³-hybridized carbons (Fsp3) is 0.400. The molecule has 0 fully saturated rings. The fourth-order valence-electron chi connectivity index (χ4n) is 1.25. The van der Waals surface area contributed by atoms with Gasteiger partial charge in [-0.25, -0.2) is 12.8 Å². The zero-order chi connectivity index (χ0) is 12.3. The highest BCUT2D eigenvalue weighted by molar-refractivity contribution is 7.90. The van der Waals surface area contributed by atoms with Crippen LogP contribution < -0.4 is 0 Å². The molecule has 1 rings (SSSR count). The van der Waals surface area contributed by atoms with E-state index >= 15 is 0 Å². The van der Waals surface area contributed by atoms with Crippen molar-refractivity contribution in [1.82, 2.24) is 0 Å². The summed E-state index contributed by atoms with van der Waals surface area (Å²) in [6.07, 6.45) is 0.138. The van der Waals surface area contributed by atoms with E-state index in [2.05, 4.69) is 0 Å². The Bertz CT molecular complexity index is 473. The molecular weight excluding hydrogens is 255 g/mol.